The van der Waals surface area contributed by atoms with Gasteiger partial charge in [0, 0.05) is 5.41 Å². The minimum Gasteiger partial charge on any atom is -0.320 e. The fourth-order valence-electron chi connectivity index (χ4n) is 7.78. The van der Waals surface area contributed by atoms with Crippen LogP contribution in [0.2, 0.25) is 0 Å². The monoisotopic (exact) mass is 479 g/mol. The number of hydrogen-bond donors (Lipinski definition) is 1. The van der Waals surface area contributed by atoms with Crippen LogP contribution in [0.4, 0.5) is 0 Å². The molecule has 6 heteroatoms. The molecule has 0 spiro atoms. The highest BCUT2D eigenvalue weighted by Crippen LogP contribution is 2.65. The number of nitrogens with zero attached hydrogens (tertiary/aromatic N) is 2. The van der Waals surface area contributed by atoms with Crippen LogP contribution < -0.4 is 5.73 Å². The second-order valence-corrected chi connectivity index (χ2v) is 11.9. The maximum Gasteiger partial charge on any atom is 0.246 e. The van der Waals surface area contributed by atoms with E-state index in [0.717, 1.165) is 49.6 Å². The minimum absolute atomic E-state index is 0.0120. The smallest absolute Gasteiger partial charge is 0.246 e. The Morgan fingerprint density at radius 1 is 1.11 bits per heavy atom. The fraction of sp³-hybridized carbons (Fsp3) is 0.690. The topological polar surface area (TPSA) is 83.7 Å². The molecule has 1 aliphatic heterocycles. The summed E-state index contributed by atoms with van der Waals surface area (Å²) < 4.78 is 0. The van der Waals surface area contributed by atoms with Crippen molar-refractivity contribution < 1.29 is 14.4 Å². The van der Waals surface area contributed by atoms with E-state index in [0.29, 0.717) is 24.7 Å². The molecular weight excluding hydrogens is 438 g/mol. The van der Waals surface area contributed by atoms with Crippen LogP contribution in [0.3, 0.4) is 0 Å². The molecule has 1 aromatic carbocycles. The van der Waals surface area contributed by atoms with E-state index in [1.807, 2.05) is 44.2 Å². The van der Waals surface area contributed by atoms with Gasteiger partial charge >= 0.3 is 0 Å². The molecule has 4 aliphatic carbocycles. The highest BCUT2D eigenvalue weighted by molar-refractivity contribution is 6.00. The highest BCUT2D eigenvalue weighted by Gasteiger charge is 2.61. The predicted octanol–water partition coefficient (Wildman–Crippen LogP) is 3.78. The second kappa shape index (κ2) is 9.78. The van der Waals surface area contributed by atoms with Crippen molar-refractivity contribution in [3.8, 4) is 0 Å². The Labute approximate surface area is 209 Å². The Hall–Kier alpha value is -2.05. The number of imide groups is 1. The van der Waals surface area contributed by atoms with Gasteiger partial charge in [0.2, 0.25) is 11.8 Å². The van der Waals surface area contributed by atoms with Gasteiger partial charge in [-0.25, -0.2) is 0 Å². The molecular formula is C29H41N3O3. The molecule has 35 heavy (non-hydrogen) atoms. The van der Waals surface area contributed by atoms with Crippen LogP contribution in [0.1, 0.15) is 70.8 Å². The zero-order chi connectivity index (χ0) is 24.7. The SMILES string of the molecule is CC[C@H](C)[C@H](N)C(=O)N(Cc1ccccc1)C(=O)[C@@H]1CCCN1CC(=O)C12CC3CC(CC1C3)C2. The summed E-state index contributed by atoms with van der Waals surface area (Å²) in [6.07, 6.45) is 8.19. The summed E-state index contributed by atoms with van der Waals surface area (Å²) in [4.78, 5) is 44.5. The zero-order valence-electron chi connectivity index (χ0n) is 21.3. The largest absolute Gasteiger partial charge is 0.320 e. The Morgan fingerprint density at radius 2 is 1.80 bits per heavy atom. The number of rotatable bonds is 9. The van der Waals surface area contributed by atoms with E-state index in [1.54, 1.807) is 0 Å². The Morgan fingerprint density at radius 3 is 2.46 bits per heavy atom. The van der Waals surface area contributed by atoms with Crippen molar-refractivity contribution in [2.24, 2.45) is 34.8 Å². The van der Waals surface area contributed by atoms with Crippen molar-refractivity contribution in [2.75, 3.05) is 13.1 Å². The van der Waals surface area contributed by atoms with E-state index in [2.05, 4.69) is 4.90 Å². The van der Waals surface area contributed by atoms with Crippen LogP contribution in [0.25, 0.3) is 0 Å². The lowest BCUT2D eigenvalue weighted by molar-refractivity contribution is -0.150. The van der Waals surface area contributed by atoms with Gasteiger partial charge in [0.25, 0.3) is 0 Å². The van der Waals surface area contributed by atoms with E-state index in [-0.39, 0.29) is 29.7 Å². The first-order valence-corrected chi connectivity index (χ1v) is 13.7. The number of likely N-dealkylation sites (tertiary alicyclic amines) is 1. The van der Waals surface area contributed by atoms with Crippen molar-refractivity contribution in [3.05, 3.63) is 35.9 Å². The lowest BCUT2D eigenvalue weighted by atomic mass is 9.72. The lowest BCUT2D eigenvalue weighted by Crippen LogP contribution is -2.55. The summed E-state index contributed by atoms with van der Waals surface area (Å²) in [5.74, 6) is 1.85. The van der Waals surface area contributed by atoms with E-state index in [4.69, 9.17) is 5.73 Å². The third kappa shape index (κ3) is 4.48. The molecule has 1 aromatic rings. The van der Waals surface area contributed by atoms with Crippen LogP contribution in [-0.2, 0) is 20.9 Å². The number of ketones is 1. The van der Waals surface area contributed by atoms with Gasteiger partial charge in [-0.2, -0.15) is 0 Å². The third-order valence-corrected chi connectivity index (χ3v) is 9.80. The summed E-state index contributed by atoms with van der Waals surface area (Å²) in [5, 5.41) is 0. The van der Waals surface area contributed by atoms with E-state index < -0.39 is 12.1 Å². The predicted molar refractivity (Wildman–Crippen MR) is 135 cm³/mol. The quantitative estimate of drug-likeness (QED) is 0.583. The fourth-order valence-corrected chi connectivity index (χ4v) is 7.78. The van der Waals surface area contributed by atoms with Gasteiger partial charge in [0.05, 0.1) is 25.2 Å². The number of hydrogen-bond acceptors (Lipinski definition) is 5. The summed E-state index contributed by atoms with van der Waals surface area (Å²) in [6.45, 7) is 5.26. The number of Topliss-reactive ketones (excluding diaryl/α,β-unsaturated/α-hetero) is 1. The molecule has 2 amide bonds. The van der Waals surface area contributed by atoms with E-state index in [9.17, 15) is 14.4 Å². The number of benzene rings is 1. The van der Waals surface area contributed by atoms with Gasteiger partial charge < -0.3 is 5.73 Å². The van der Waals surface area contributed by atoms with Gasteiger partial charge in [-0.05, 0) is 80.7 Å². The average Bonchev–Trinajstić information content (AvgIpc) is 3.50. The third-order valence-electron chi connectivity index (χ3n) is 9.80. The number of nitrogens with two attached hydrogens (primary N) is 1. The first-order valence-electron chi connectivity index (χ1n) is 13.7. The van der Waals surface area contributed by atoms with Gasteiger partial charge in [0.15, 0.2) is 5.78 Å². The van der Waals surface area contributed by atoms with Gasteiger partial charge in [0.1, 0.15) is 0 Å². The maximum absolute atomic E-state index is 13.9. The van der Waals surface area contributed by atoms with Crippen LogP contribution in [0.15, 0.2) is 30.3 Å². The standard InChI is InChI=1S/C29H41N3O3/c1-3-19(2)26(30)28(35)32(17-20-8-5-4-6-9-20)27(34)24-10-7-11-31(24)18-25(33)29-15-21-12-22(16-29)14-23(29)13-21/h4-6,8-9,19,21-24,26H,3,7,10-18,30H2,1-2H3/t19-,21?,22?,23?,24-,26-,29?/m0/s1. The molecule has 0 aromatic heterocycles. The van der Waals surface area contributed by atoms with Gasteiger partial charge in [-0.1, -0.05) is 50.6 Å². The zero-order valence-corrected chi connectivity index (χ0v) is 21.3. The number of carbonyl (C=O) groups is 3. The van der Waals surface area contributed by atoms with Crippen molar-refractivity contribution in [1.29, 1.82) is 0 Å². The first-order chi connectivity index (χ1) is 16.8. The average molecular weight is 480 g/mol. The highest BCUT2D eigenvalue weighted by atomic mass is 16.2. The number of amides is 2. The summed E-state index contributed by atoms with van der Waals surface area (Å²) in [7, 11) is 0. The number of carbonyl (C=O) groups excluding carboxylic acids is 3. The molecule has 190 valence electrons. The molecule has 5 fully saturated rings. The Bertz CT molecular complexity index is 949. The van der Waals surface area contributed by atoms with Crippen LogP contribution in [-0.4, -0.2) is 52.6 Å². The van der Waals surface area contributed by atoms with Crippen LogP contribution >= 0.6 is 0 Å². The van der Waals surface area contributed by atoms with Crippen molar-refractivity contribution in [3.63, 3.8) is 0 Å². The van der Waals surface area contributed by atoms with Gasteiger partial charge in [-0.3, -0.25) is 24.2 Å². The van der Waals surface area contributed by atoms with Crippen molar-refractivity contribution in [1.82, 2.24) is 9.80 Å². The van der Waals surface area contributed by atoms with Crippen LogP contribution in [0, 0.1) is 29.1 Å². The Balaban J connectivity index is 1.33. The lowest BCUT2D eigenvalue weighted by Gasteiger charge is -2.35. The molecule has 4 saturated carbocycles. The molecule has 4 bridgehead atoms. The molecule has 1 saturated heterocycles. The van der Waals surface area contributed by atoms with E-state index >= 15 is 0 Å². The molecule has 2 unspecified atom stereocenters. The molecule has 6 rings (SSSR count). The molecule has 5 aliphatic rings. The molecule has 0 radical (unpaired) electrons. The first kappa shape index (κ1) is 24.6. The van der Waals surface area contributed by atoms with Crippen LogP contribution in [0.5, 0.6) is 0 Å². The molecule has 6 nitrogen and oxygen atoms in total. The summed E-state index contributed by atoms with van der Waals surface area (Å²) in [6, 6.07) is 8.49. The Kier molecular flexibility index (Phi) is 6.88. The maximum atomic E-state index is 13.9. The van der Waals surface area contributed by atoms with Crippen molar-refractivity contribution in [2.45, 2.75) is 83.8 Å². The van der Waals surface area contributed by atoms with E-state index in [1.165, 1.54) is 24.2 Å². The molecule has 1 heterocycles. The molecule has 2 N–H and O–H groups in total. The summed E-state index contributed by atoms with van der Waals surface area (Å²) >= 11 is 0. The minimum atomic E-state index is -0.715. The van der Waals surface area contributed by atoms with Gasteiger partial charge in [-0.15, -0.1) is 0 Å². The van der Waals surface area contributed by atoms with Crippen molar-refractivity contribution >= 4 is 17.6 Å². The molecule has 5 atom stereocenters. The normalized spacial score (nSPS) is 33.1. The summed E-state index contributed by atoms with van der Waals surface area (Å²) in [5.41, 5.74) is 7.09. The second-order valence-electron chi connectivity index (χ2n) is 11.9.